The van der Waals surface area contributed by atoms with Crippen LogP contribution in [0.4, 0.5) is 5.00 Å². The number of hydrogen-bond donors (Lipinski definition) is 1. The number of rotatable bonds is 4. The molecule has 1 N–H and O–H groups in total. The molecule has 1 aliphatic rings. The van der Waals surface area contributed by atoms with E-state index < -0.39 is 0 Å². The second kappa shape index (κ2) is 9.83. The molecule has 3 rings (SSSR count). The van der Waals surface area contributed by atoms with Crippen LogP contribution in [-0.2, 0) is 6.42 Å². The Bertz CT molecular complexity index is 609. The first kappa shape index (κ1) is 19.0. The average Bonchev–Trinajstić information content (AvgIpc) is 3.15. The normalized spacial score (nSPS) is 15.1. The number of guanidine groups is 1. The Morgan fingerprint density at radius 3 is 2.67 bits per heavy atom. The molecule has 2 aromatic heterocycles. The van der Waals surface area contributed by atoms with Gasteiger partial charge in [-0.3, -0.25) is 9.98 Å². The monoisotopic (exact) mass is 457 g/mol. The maximum Gasteiger partial charge on any atom is 0.193 e. The molecule has 3 heterocycles. The van der Waals surface area contributed by atoms with Crippen LogP contribution >= 0.6 is 35.3 Å². The van der Waals surface area contributed by atoms with Gasteiger partial charge in [-0.05, 0) is 29.6 Å². The highest BCUT2D eigenvalue weighted by Gasteiger charge is 2.19. The minimum atomic E-state index is 0. The Balaban J connectivity index is 0.00000208. The Morgan fingerprint density at radius 2 is 2.04 bits per heavy atom. The molecule has 5 nitrogen and oxygen atoms in total. The van der Waals surface area contributed by atoms with Crippen molar-refractivity contribution in [2.45, 2.75) is 6.42 Å². The lowest BCUT2D eigenvalue weighted by Crippen LogP contribution is -2.52. The van der Waals surface area contributed by atoms with Crippen molar-refractivity contribution in [2.75, 3.05) is 44.7 Å². The van der Waals surface area contributed by atoms with E-state index in [-0.39, 0.29) is 24.0 Å². The molecular weight excluding hydrogens is 433 g/mol. The summed E-state index contributed by atoms with van der Waals surface area (Å²) in [4.78, 5) is 13.6. The van der Waals surface area contributed by atoms with Crippen molar-refractivity contribution < 1.29 is 0 Å². The summed E-state index contributed by atoms with van der Waals surface area (Å²) in [5.41, 5.74) is 1.11. The van der Waals surface area contributed by atoms with Gasteiger partial charge in [0.1, 0.15) is 0 Å². The largest absolute Gasteiger partial charge is 0.360 e. The minimum absolute atomic E-state index is 0. The number of pyridine rings is 1. The zero-order valence-electron chi connectivity index (χ0n) is 13.9. The smallest absolute Gasteiger partial charge is 0.193 e. The van der Waals surface area contributed by atoms with Gasteiger partial charge in [-0.2, -0.15) is 0 Å². The SMILES string of the molecule is CN=C(NCCc1ccccn1)N1CCN(c2cccs2)CC1.I. The molecule has 0 aliphatic carbocycles. The summed E-state index contributed by atoms with van der Waals surface area (Å²) in [7, 11) is 1.86. The van der Waals surface area contributed by atoms with Crippen LogP contribution in [0.5, 0.6) is 0 Å². The van der Waals surface area contributed by atoms with Crippen molar-refractivity contribution in [3.8, 4) is 0 Å². The van der Waals surface area contributed by atoms with E-state index in [1.165, 1.54) is 5.00 Å². The first-order valence-corrected chi connectivity index (χ1v) is 8.89. The number of hydrogen-bond acceptors (Lipinski definition) is 4. The third-order valence-corrected chi connectivity index (χ3v) is 4.93. The topological polar surface area (TPSA) is 43.8 Å². The van der Waals surface area contributed by atoms with E-state index in [9.17, 15) is 0 Å². The first-order valence-electron chi connectivity index (χ1n) is 8.01. The van der Waals surface area contributed by atoms with Crippen molar-refractivity contribution in [3.63, 3.8) is 0 Å². The Hall–Kier alpha value is -1.35. The van der Waals surface area contributed by atoms with Crippen molar-refractivity contribution >= 4 is 46.3 Å². The van der Waals surface area contributed by atoms with E-state index >= 15 is 0 Å². The first-order chi connectivity index (χ1) is 11.4. The van der Waals surface area contributed by atoms with E-state index in [2.05, 4.69) is 48.7 Å². The van der Waals surface area contributed by atoms with E-state index in [0.29, 0.717) is 0 Å². The number of piperazine rings is 1. The van der Waals surface area contributed by atoms with E-state index in [1.807, 2.05) is 36.7 Å². The molecule has 0 atom stereocenters. The number of thiophene rings is 1. The molecule has 1 saturated heterocycles. The molecule has 1 fully saturated rings. The van der Waals surface area contributed by atoms with Crippen LogP contribution in [0.25, 0.3) is 0 Å². The number of nitrogens with zero attached hydrogens (tertiary/aromatic N) is 4. The van der Waals surface area contributed by atoms with Crippen LogP contribution in [0.3, 0.4) is 0 Å². The Morgan fingerprint density at radius 1 is 1.21 bits per heavy atom. The highest BCUT2D eigenvalue weighted by atomic mass is 127. The molecular formula is C17H24IN5S. The van der Waals surface area contributed by atoms with E-state index in [1.54, 1.807) is 0 Å². The van der Waals surface area contributed by atoms with Crippen molar-refractivity contribution in [1.82, 2.24) is 15.2 Å². The maximum absolute atomic E-state index is 4.43. The van der Waals surface area contributed by atoms with Gasteiger partial charge in [-0.25, -0.2) is 0 Å². The zero-order valence-corrected chi connectivity index (χ0v) is 17.0. The summed E-state index contributed by atoms with van der Waals surface area (Å²) in [5, 5.41) is 6.96. The lowest BCUT2D eigenvalue weighted by Gasteiger charge is -2.37. The number of anilines is 1. The minimum Gasteiger partial charge on any atom is -0.360 e. The molecule has 0 amide bonds. The molecule has 0 unspecified atom stereocenters. The molecule has 0 spiro atoms. The predicted octanol–water partition coefficient (Wildman–Crippen LogP) is 2.70. The van der Waals surface area contributed by atoms with Crippen LogP contribution in [0.1, 0.15) is 5.69 Å². The third kappa shape index (κ3) is 5.07. The average molecular weight is 457 g/mol. The zero-order chi connectivity index (χ0) is 15.9. The quantitative estimate of drug-likeness (QED) is 0.436. The van der Waals surface area contributed by atoms with Crippen LogP contribution < -0.4 is 10.2 Å². The van der Waals surface area contributed by atoms with E-state index in [4.69, 9.17) is 0 Å². The molecule has 24 heavy (non-hydrogen) atoms. The third-order valence-electron chi connectivity index (χ3n) is 4.00. The molecule has 0 saturated carbocycles. The molecule has 2 aromatic rings. The van der Waals surface area contributed by atoms with Crippen molar-refractivity contribution in [1.29, 1.82) is 0 Å². The summed E-state index contributed by atoms with van der Waals surface area (Å²) in [6, 6.07) is 10.3. The highest BCUT2D eigenvalue weighted by molar-refractivity contribution is 14.0. The summed E-state index contributed by atoms with van der Waals surface area (Å²) < 4.78 is 0. The highest BCUT2D eigenvalue weighted by Crippen LogP contribution is 2.22. The number of aromatic nitrogens is 1. The van der Waals surface area contributed by atoms with Crippen LogP contribution in [-0.4, -0.2) is 55.6 Å². The fourth-order valence-electron chi connectivity index (χ4n) is 2.77. The van der Waals surface area contributed by atoms with Gasteiger partial charge >= 0.3 is 0 Å². The Kier molecular flexibility index (Phi) is 7.77. The van der Waals surface area contributed by atoms with E-state index in [0.717, 1.165) is 50.8 Å². The molecule has 7 heteroatoms. The van der Waals surface area contributed by atoms with Gasteiger partial charge in [0, 0.05) is 58.1 Å². The van der Waals surface area contributed by atoms with Gasteiger partial charge in [-0.1, -0.05) is 6.07 Å². The second-order valence-corrected chi connectivity index (χ2v) is 6.40. The molecule has 0 aromatic carbocycles. The van der Waals surface area contributed by atoms with Gasteiger partial charge in [0.15, 0.2) is 5.96 Å². The molecule has 130 valence electrons. The predicted molar refractivity (Wildman–Crippen MR) is 113 cm³/mol. The lowest BCUT2D eigenvalue weighted by atomic mass is 10.3. The van der Waals surface area contributed by atoms with Crippen molar-refractivity contribution in [3.05, 3.63) is 47.6 Å². The van der Waals surface area contributed by atoms with Crippen LogP contribution in [0.2, 0.25) is 0 Å². The summed E-state index contributed by atoms with van der Waals surface area (Å²) >= 11 is 1.81. The van der Waals surface area contributed by atoms with Gasteiger partial charge in [0.05, 0.1) is 5.00 Å². The number of aliphatic imine (C=N–C) groups is 1. The Labute approximate surface area is 164 Å². The second-order valence-electron chi connectivity index (χ2n) is 5.47. The summed E-state index contributed by atoms with van der Waals surface area (Å²) in [6.07, 6.45) is 2.75. The summed E-state index contributed by atoms with van der Waals surface area (Å²) in [6.45, 7) is 4.94. The summed E-state index contributed by atoms with van der Waals surface area (Å²) in [5.74, 6) is 0.992. The lowest BCUT2D eigenvalue weighted by molar-refractivity contribution is 0.373. The van der Waals surface area contributed by atoms with Gasteiger partial charge < -0.3 is 15.1 Å². The van der Waals surface area contributed by atoms with Gasteiger partial charge in [-0.15, -0.1) is 35.3 Å². The fraction of sp³-hybridized carbons (Fsp3) is 0.412. The molecule has 0 radical (unpaired) electrons. The molecule has 0 bridgehead atoms. The van der Waals surface area contributed by atoms with Gasteiger partial charge in [0.25, 0.3) is 0 Å². The number of nitrogens with one attached hydrogen (secondary N) is 1. The van der Waals surface area contributed by atoms with Crippen LogP contribution in [0.15, 0.2) is 46.9 Å². The fourth-order valence-corrected chi connectivity index (χ4v) is 3.55. The number of halogens is 1. The van der Waals surface area contributed by atoms with Crippen LogP contribution in [0, 0.1) is 0 Å². The maximum atomic E-state index is 4.43. The standard InChI is InChI=1S/C17H23N5S.HI/c1-18-17(20-9-7-15-5-2-3-8-19-15)22-12-10-21(11-13-22)16-6-4-14-23-16;/h2-6,8,14H,7,9-13H2,1H3,(H,18,20);1H. The van der Waals surface area contributed by atoms with Gasteiger partial charge in [0.2, 0.25) is 0 Å². The van der Waals surface area contributed by atoms with Crippen molar-refractivity contribution in [2.24, 2.45) is 4.99 Å². The molecule has 1 aliphatic heterocycles.